The maximum atomic E-state index is 6.25. The zero-order valence-corrected chi connectivity index (χ0v) is 13.4. The van der Waals surface area contributed by atoms with Crippen LogP contribution in [-0.4, -0.2) is 25.4 Å². The maximum Gasteiger partial charge on any atom is 0.0861 e. The fourth-order valence-electron chi connectivity index (χ4n) is 3.38. The van der Waals surface area contributed by atoms with Crippen molar-refractivity contribution in [1.82, 2.24) is 0 Å². The lowest BCUT2D eigenvalue weighted by Crippen LogP contribution is -2.21. The Balaban J connectivity index is 2.06. The Kier molecular flexibility index (Phi) is 6.31. The largest absolute Gasteiger partial charge is 0.379 e. The van der Waals surface area contributed by atoms with Gasteiger partial charge in [-0.25, -0.2) is 0 Å². The number of hydrogen-bond acceptors (Lipinski definition) is 2. The Labute approximate surface area is 124 Å². The lowest BCUT2D eigenvalue weighted by Gasteiger charge is -2.18. The molecular formula is C18H30O2. The van der Waals surface area contributed by atoms with Crippen LogP contribution in [0.1, 0.15) is 65.2 Å². The molecule has 2 nitrogen and oxygen atoms in total. The zero-order chi connectivity index (χ0) is 14.4. The van der Waals surface area contributed by atoms with Gasteiger partial charge in [0.05, 0.1) is 18.3 Å². The fourth-order valence-corrected chi connectivity index (χ4v) is 3.38. The molecule has 1 aliphatic heterocycles. The molecule has 1 unspecified atom stereocenters. The normalized spacial score (nSPS) is 37.9. The Morgan fingerprint density at radius 2 is 1.95 bits per heavy atom. The summed E-state index contributed by atoms with van der Waals surface area (Å²) in [5.74, 6) is 0. The predicted octanol–water partition coefficient (Wildman–Crippen LogP) is 4.80. The highest BCUT2D eigenvalue weighted by atomic mass is 16.6. The van der Waals surface area contributed by atoms with Crippen molar-refractivity contribution in [2.24, 2.45) is 0 Å². The summed E-state index contributed by atoms with van der Waals surface area (Å²) in [6, 6.07) is 0. The van der Waals surface area contributed by atoms with Gasteiger partial charge in [0.1, 0.15) is 0 Å². The van der Waals surface area contributed by atoms with Crippen LogP contribution in [0.2, 0.25) is 0 Å². The molecule has 0 N–H and O–H groups in total. The molecule has 0 aromatic rings. The summed E-state index contributed by atoms with van der Waals surface area (Å²) in [5.41, 5.74) is 2.98. The minimum absolute atomic E-state index is 0.269. The Morgan fingerprint density at radius 1 is 1.20 bits per heavy atom. The van der Waals surface area contributed by atoms with Crippen LogP contribution in [0.15, 0.2) is 23.3 Å². The molecule has 0 aromatic heterocycles. The molecule has 2 aliphatic rings. The summed E-state index contributed by atoms with van der Waals surface area (Å²) in [5, 5.41) is 0. The van der Waals surface area contributed by atoms with Crippen molar-refractivity contribution in [2.75, 3.05) is 7.11 Å². The minimum atomic E-state index is 0.269. The van der Waals surface area contributed by atoms with Crippen molar-refractivity contribution in [3.8, 4) is 0 Å². The van der Waals surface area contributed by atoms with E-state index in [1.54, 1.807) is 0 Å². The number of allylic oxidation sites excluding steroid dienone is 3. The number of rotatable bonds is 3. The van der Waals surface area contributed by atoms with E-state index in [1.165, 1.54) is 43.3 Å². The van der Waals surface area contributed by atoms with Gasteiger partial charge in [0.25, 0.3) is 0 Å². The molecular weight excluding hydrogens is 248 g/mol. The first-order chi connectivity index (χ1) is 9.74. The molecule has 0 spiro atoms. The van der Waals surface area contributed by atoms with Gasteiger partial charge in [-0.2, -0.15) is 0 Å². The van der Waals surface area contributed by atoms with Crippen molar-refractivity contribution in [2.45, 2.75) is 83.5 Å². The second-order valence-corrected chi connectivity index (χ2v) is 6.23. The lowest BCUT2D eigenvalue weighted by molar-refractivity contribution is 0.000460. The Hall–Kier alpha value is -0.600. The van der Waals surface area contributed by atoms with E-state index in [9.17, 15) is 0 Å². The second-order valence-electron chi connectivity index (χ2n) is 6.23. The molecule has 20 heavy (non-hydrogen) atoms. The van der Waals surface area contributed by atoms with Gasteiger partial charge >= 0.3 is 0 Å². The average molecular weight is 278 g/mol. The number of hydrogen-bond donors (Lipinski definition) is 0. The van der Waals surface area contributed by atoms with E-state index >= 15 is 0 Å². The Bertz CT molecular complexity index is 344. The molecule has 3 atom stereocenters. The summed E-state index contributed by atoms with van der Waals surface area (Å²) in [7, 11) is 1.81. The monoisotopic (exact) mass is 278 g/mol. The topological polar surface area (TPSA) is 18.5 Å². The number of methoxy groups -OCH3 is 1. The first-order valence-electron chi connectivity index (χ1n) is 8.27. The molecule has 1 fully saturated rings. The summed E-state index contributed by atoms with van der Waals surface area (Å²) in [6.07, 6.45) is 15.2. The smallest absolute Gasteiger partial charge is 0.0861 e. The third kappa shape index (κ3) is 4.20. The predicted molar refractivity (Wildman–Crippen MR) is 83.9 cm³/mol. The van der Waals surface area contributed by atoms with E-state index in [1.807, 2.05) is 7.11 Å². The third-order valence-electron chi connectivity index (χ3n) is 4.61. The van der Waals surface area contributed by atoms with E-state index in [0.29, 0.717) is 0 Å². The molecule has 0 saturated carbocycles. The van der Waals surface area contributed by atoms with Crippen LogP contribution in [0, 0.1) is 0 Å². The van der Waals surface area contributed by atoms with Crippen LogP contribution in [0.5, 0.6) is 0 Å². The zero-order valence-electron chi connectivity index (χ0n) is 13.4. The van der Waals surface area contributed by atoms with Crippen LogP contribution in [0.3, 0.4) is 0 Å². The highest BCUT2D eigenvalue weighted by Crippen LogP contribution is 2.32. The maximum absolute atomic E-state index is 6.25. The van der Waals surface area contributed by atoms with Gasteiger partial charge in [-0.1, -0.05) is 31.1 Å². The number of ether oxygens (including phenoxy) is 2. The molecule has 2 rings (SSSR count). The van der Waals surface area contributed by atoms with Crippen LogP contribution >= 0.6 is 0 Å². The van der Waals surface area contributed by atoms with Crippen LogP contribution in [0.4, 0.5) is 0 Å². The van der Waals surface area contributed by atoms with Crippen LogP contribution in [0.25, 0.3) is 0 Å². The molecule has 0 amide bonds. The van der Waals surface area contributed by atoms with Crippen molar-refractivity contribution < 1.29 is 9.47 Å². The summed E-state index contributed by atoms with van der Waals surface area (Å²) in [6.45, 7) is 4.45. The van der Waals surface area contributed by atoms with E-state index in [-0.39, 0.29) is 18.3 Å². The first kappa shape index (κ1) is 15.8. The van der Waals surface area contributed by atoms with Gasteiger partial charge in [0.2, 0.25) is 0 Å². The van der Waals surface area contributed by atoms with E-state index in [2.05, 4.69) is 26.0 Å². The van der Waals surface area contributed by atoms with Gasteiger partial charge in [-0.15, -0.1) is 0 Å². The molecule has 1 saturated heterocycles. The van der Waals surface area contributed by atoms with E-state index < -0.39 is 0 Å². The van der Waals surface area contributed by atoms with Gasteiger partial charge in [0, 0.05) is 13.5 Å². The lowest BCUT2D eigenvalue weighted by atomic mass is 9.94. The van der Waals surface area contributed by atoms with Crippen molar-refractivity contribution in [3.05, 3.63) is 23.3 Å². The fraction of sp³-hybridized carbons (Fsp3) is 0.778. The highest BCUT2D eigenvalue weighted by molar-refractivity contribution is 5.20. The van der Waals surface area contributed by atoms with Gasteiger partial charge in [-0.3, -0.25) is 0 Å². The van der Waals surface area contributed by atoms with Gasteiger partial charge in [-0.05, 0) is 51.0 Å². The standard InChI is InChI=1S/C18H30O2/c1-4-16-18(19-3)13-17(20-16)15-11-9-7-5-6-8-10-14(2)12-15/h10-11,16-18H,4-9,12-13H2,1-3H3/b14-10-,15-11+/t16?,17-,18-/m1/s1. The highest BCUT2D eigenvalue weighted by Gasteiger charge is 2.35. The quantitative estimate of drug-likeness (QED) is 0.691. The van der Waals surface area contributed by atoms with Gasteiger partial charge < -0.3 is 9.47 Å². The van der Waals surface area contributed by atoms with E-state index in [4.69, 9.17) is 9.47 Å². The summed E-state index contributed by atoms with van der Waals surface area (Å²) in [4.78, 5) is 0. The van der Waals surface area contributed by atoms with E-state index in [0.717, 1.165) is 19.3 Å². The van der Waals surface area contributed by atoms with Crippen LogP contribution in [-0.2, 0) is 9.47 Å². The van der Waals surface area contributed by atoms with Crippen molar-refractivity contribution >= 4 is 0 Å². The average Bonchev–Trinajstić information content (AvgIpc) is 2.88. The molecule has 2 heteroatoms. The second kappa shape index (κ2) is 7.99. The SMILES string of the molecule is CCC1O[C@@H](/C2=C/CCCCC/C=C(/C)C2)C[C@H]1OC. The van der Waals surface area contributed by atoms with Crippen LogP contribution < -0.4 is 0 Å². The minimum Gasteiger partial charge on any atom is -0.379 e. The van der Waals surface area contributed by atoms with Gasteiger partial charge in [0.15, 0.2) is 0 Å². The molecule has 0 bridgehead atoms. The molecule has 114 valence electrons. The first-order valence-corrected chi connectivity index (χ1v) is 8.27. The Morgan fingerprint density at radius 3 is 2.60 bits per heavy atom. The van der Waals surface area contributed by atoms with Crippen molar-refractivity contribution in [3.63, 3.8) is 0 Å². The molecule has 1 aliphatic carbocycles. The summed E-state index contributed by atoms with van der Waals surface area (Å²) < 4.78 is 11.8. The summed E-state index contributed by atoms with van der Waals surface area (Å²) >= 11 is 0. The molecule has 0 radical (unpaired) electrons. The molecule has 1 heterocycles. The molecule has 0 aromatic carbocycles. The van der Waals surface area contributed by atoms with Crippen molar-refractivity contribution in [1.29, 1.82) is 0 Å². The third-order valence-corrected chi connectivity index (χ3v) is 4.61.